The summed E-state index contributed by atoms with van der Waals surface area (Å²) in [7, 11) is 0. The van der Waals surface area contributed by atoms with Gasteiger partial charge in [0.25, 0.3) is 0 Å². The molecule has 0 aliphatic carbocycles. The number of nitrogens with one attached hydrogen (secondary N) is 1. The monoisotopic (exact) mass is 370 g/mol. The first-order chi connectivity index (χ1) is 12.8. The first-order valence-electron chi connectivity index (χ1n) is 9.18. The normalized spacial score (nSPS) is 17.8. The van der Waals surface area contributed by atoms with E-state index in [2.05, 4.69) is 31.2 Å². The number of hydrogen-bond acceptors (Lipinski definition) is 4. The largest absolute Gasteiger partial charge is 0.480 e. The Hall–Kier alpha value is -2.67. The van der Waals surface area contributed by atoms with E-state index in [0.717, 1.165) is 17.8 Å². The molecule has 0 radical (unpaired) electrons. The van der Waals surface area contributed by atoms with Crippen LogP contribution in [0, 0.1) is 0 Å². The van der Waals surface area contributed by atoms with Crippen molar-refractivity contribution in [1.29, 1.82) is 0 Å². The first kappa shape index (κ1) is 19.1. The predicted octanol–water partition coefficient (Wildman–Crippen LogP) is 2.66. The van der Waals surface area contributed by atoms with Crippen LogP contribution in [-0.4, -0.2) is 50.8 Å². The number of rotatable bonds is 5. The predicted molar refractivity (Wildman–Crippen MR) is 103 cm³/mol. The Balaban J connectivity index is 1.82. The number of carboxylic acid groups (broad SMARTS) is 1. The molecule has 27 heavy (non-hydrogen) atoms. The Bertz CT molecular complexity index is 823. The second-order valence-corrected chi connectivity index (χ2v) is 7.93. The van der Waals surface area contributed by atoms with Crippen LogP contribution in [0.3, 0.4) is 0 Å². The van der Waals surface area contributed by atoms with Crippen molar-refractivity contribution >= 4 is 17.7 Å². The average molecular weight is 370 g/mol. The maximum Gasteiger partial charge on any atom is 0.320 e. The SMILES string of the molecule is CC(C)(C)c1cc(NC(=O)CN2CCCC2C(=O)O)n(-c2ccccc2)n1. The third-order valence-electron chi connectivity index (χ3n) is 4.74. The van der Waals surface area contributed by atoms with Gasteiger partial charge in [-0.05, 0) is 31.5 Å². The van der Waals surface area contributed by atoms with Gasteiger partial charge >= 0.3 is 5.97 Å². The van der Waals surface area contributed by atoms with Crippen LogP contribution in [0.1, 0.15) is 39.3 Å². The molecule has 0 bridgehead atoms. The number of para-hydroxylation sites is 1. The summed E-state index contributed by atoms with van der Waals surface area (Å²) in [5.41, 5.74) is 1.56. The molecule has 1 aliphatic heterocycles. The second-order valence-electron chi connectivity index (χ2n) is 7.93. The zero-order chi connectivity index (χ0) is 19.6. The fourth-order valence-corrected chi connectivity index (χ4v) is 3.26. The smallest absolute Gasteiger partial charge is 0.320 e. The Labute approximate surface area is 159 Å². The third kappa shape index (κ3) is 4.36. The summed E-state index contributed by atoms with van der Waals surface area (Å²) in [5, 5.41) is 16.9. The van der Waals surface area contributed by atoms with Gasteiger partial charge in [0, 0.05) is 11.5 Å². The molecule has 7 heteroatoms. The minimum absolute atomic E-state index is 0.0573. The number of hydrogen-bond donors (Lipinski definition) is 2. The lowest BCUT2D eigenvalue weighted by molar-refractivity contribution is -0.142. The summed E-state index contributed by atoms with van der Waals surface area (Å²) < 4.78 is 1.72. The number of carboxylic acids is 1. The molecule has 2 aromatic rings. The summed E-state index contributed by atoms with van der Waals surface area (Å²) in [6, 6.07) is 10.9. The lowest BCUT2D eigenvalue weighted by atomic mass is 9.92. The second kappa shape index (κ2) is 7.52. The molecule has 1 amide bonds. The van der Waals surface area contributed by atoms with Crippen molar-refractivity contribution in [3.05, 3.63) is 42.1 Å². The summed E-state index contributed by atoms with van der Waals surface area (Å²) in [4.78, 5) is 25.6. The van der Waals surface area contributed by atoms with Crippen molar-refractivity contribution in [3.8, 4) is 5.69 Å². The van der Waals surface area contributed by atoms with Crippen LogP contribution in [0.25, 0.3) is 5.69 Å². The van der Waals surface area contributed by atoms with Crippen LogP contribution in [-0.2, 0) is 15.0 Å². The van der Waals surface area contributed by atoms with E-state index in [1.165, 1.54) is 0 Å². The molecule has 2 N–H and O–H groups in total. The zero-order valence-electron chi connectivity index (χ0n) is 16.0. The third-order valence-corrected chi connectivity index (χ3v) is 4.74. The topological polar surface area (TPSA) is 87.5 Å². The molecule has 1 aliphatic rings. The summed E-state index contributed by atoms with van der Waals surface area (Å²) in [6.07, 6.45) is 1.37. The number of anilines is 1. The van der Waals surface area contributed by atoms with Gasteiger partial charge in [0.05, 0.1) is 17.9 Å². The van der Waals surface area contributed by atoms with Crippen molar-refractivity contribution in [3.63, 3.8) is 0 Å². The van der Waals surface area contributed by atoms with Crippen LogP contribution >= 0.6 is 0 Å². The summed E-state index contributed by atoms with van der Waals surface area (Å²) in [5.74, 6) is -0.521. The van der Waals surface area contributed by atoms with E-state index < -0.39 is 12.0 Å². The Kier molecular flexibility index (Phi) is 5.32. The first-order valence-corrected chi connectivity index (χ1v) is 9.18. The molecular weight excluding hydrogens is 344 g/mol. The zero-order valence-corrected chi connectivity index (χ0v) is 16.0. The Morgan fingerprint density at radius 1 is 1.26 bits per heavy atom. The number of aromatic nitrogens is 2. The van der Waals surface area contributed by atoms with Gasteiger partial charge in [-0.2, -0.15) is 5.10 Å². The minimum atomic E-state index is -0.871. The number of aliphatic carboxylic acids is 1. The van der Waals surface area contributed by atoms with Gasteiger partial charge in [-0.15, -0.1) is 0 Å². The van der Waals surface area contributed by atoms with Crippen molar-refractivity contribution < 1.29 is 14.7 Å². The van der Waals surface area contributed by atoms with Gasteiger partial charge in [0.2, 0.25) is 5.91 Å². The summed E-state index contributed by atoms with van der Waals surface area (Å²) >= 11 is 0. The average Bonchev–Trinajstić information content (AvgIpc) is 3.22. The highest BCUT2D eigenvalue weighted by atomic mass is 16.4. The maximum atomic E-state index is 12.6. The van der Waals surface area contributed by atoms with Gasteiger partial charge in [0.1, 0.15) is 11.9 Å². The van der Waals surface area contributed by atoms with Crippen molar-refractivity contribution in [2.24, 2.45) is 0 Å². The minimum Gasteiger partial charge on any atom is -0.480 e. The van der Waals surface area contributed by atoms with E-state index in [0.29, 0.717) is 18.8 Å². The molecule has 2 heterocycles. The molecule has 1 fully saturated rings. The molecule has 1 saturated heterocycles. The number of carbonyl (C=O) groups is 2. The van der Waals surface area contributed by atoms with E-state index in [4.69, 9.17) is 0 Å². The standard InChI is InChI=1S/C20H26N4O3/c1-20(2,3)16-12-17(24(22-16)14-8-5-4-6-9-14)21-18(25)13-23-11-7-10-15(23)19(26)27/h4-6,8-9,12,15H,7,10-11,13H2,1-3H3,(H,21,25)(H,26,27). The van der Waals surface area contributed by atoms with Crippen molar-refractivity contribution in [2.75, 3.05) is 18.4 Å². The number of amides is 1. The van der Waals surface area contributed by atoms with Crippen LogP contribution < -0.4 is 5.32 Å². The fraction of sp³-hybridized carbons (Fsp3) is 0.450. The molecule has 1 unspecified atom stereocenters. The Morgan fingerprint density at radius 2 is 1.96 bits per heavy atom. The highest BCUT2D eigenvalue weighted by Gasteiger charge is 2.32. The fourth-order valence-electron chi connectivity index (χ4n) is 3.26. The van der Waals surface area contributed by atoms with E-state index in [1.54, 1.807) is 9.58 Å². The van der Waals surface area contributed by atoms with Gasteiger partial charge in [-0.25, -0.2) is 4.68 Å². The highest BCUT2D eigenvalue weighted by Crippen LogP contribution is 2.26. The highest BCUT2D eigenvalue weighted by molar-refractivity contribution is 5.92. The quantitative estimate of drug-likeness (QED) is 0.845. The molecule has 3 rings (SSSR count). The molecule has 1 aromatic heterocycles. The summed E-state index contributed by atoms with van der Waals surface area (Å²) in [6.45, 7) is 6.88. The number of nitrogens with zero attached hydrogens (tertiary/aromatic N) is 3. The van der Waals surface area contributed by atoms with Gasteiger partial charge in [-0.3, -0.25) is 14.5 Å². The van der Waals surface area contributed by atoms with Crippen LogP contribution in [0.4, 0.5) is 5.82 Å². The molecule has 0 spiro atoms. The Morgan fingerprint density at radius 3 is 2.59 bits per heavy atom. The molecular formula is C20H26N4O3. The molecule has 0 saturated carbocycles. The van der Waals surface area contributed by atoms with Crippen LogP contribution in [0.5, 0.6) is 0 Å². The molecule has 1 atom stereocenters. The van der Waals surface area contributed by atoms with Crippen LogP contribution in [0.15, 0.2) is 36.4 Å². The maximum absolute atomic E-state index is 12.6. The molecule has 144 valence electrons. The van der Waals surface area contributed by atoms with E-state index in [9.17, 15) is 14.7 Å². The van der Waals surface area contributed by atoms with E-state index >= 15 is 0 Å². The van der Waals surface area contributed by atoms with Crippen molar-refractivity contribution in [1.82, 2.24) is 14.7 Å². The lowest BCUT2D eigenvalue weighted by Crippen LogP contribution is -2.41. The van der Waals surface area contributed by atoms with E-state index in [1.807, 2.05) is 36.4 Å². The number of benzene rings is 1. The van der Waals surface area contributed by atoms with Gasteiger partial charge < -0.3 is 10.4 Å². The lowest BCUT2D eigenvalue weighted by Gasteiger charge is -2.20. The molecule has 1 aromatic carbocycles. The van der Waals surface area contributed by atoms with Crippen LogP contribution in [0.2, 0.25) is 0 Å². The van der Waals surface area contributed by atoms with Gasteiger partial charge in [-0.1, -0.05) is 39.0 Å². The molecule has 7 nitrogen and oxygen atoms in total. The van der Waals surface area contributed by atoms with Crippen molar-refractivity contribution in [2.45, 2.75) is 45.1 Å². The van der Waals surface area contributed by atoms with E-state index in [-0.39, 0.29) is 17.9 Å². The van der Waals surface area contributed by atoms with Gasteiger partial charge in [0.15, 0.2) is 0 Å². The number of carbonyl (C=O) groups excluding carboxylic acids is 1. The number of likely N-dealkylation sites (tertiary alicyclic amines) is 1.